The van der Waals surface area contributed by atoms with E-state index < -0.39 is 17.5 Å². The first kappa shape index (κ1) is 20.0. The van der Waals surface area contributed by atoms with E-state index in [9.17, 15) is 14.4 Å². The number of hydrogen-bond donors (Lipinski definition) is 1. The number of carbonyl (C=O) groups is 3. The molecule has 8 heteroatoms. The molecule has 0 bridgehead atoms. The maximum absolute atomic E-state index is 13.0. The molecule has 0 aliphatic carbocycles. The van der Waals surface area contributed by atoms with E-state index in [1.807, 2.05) is 33.8 Å². The number of imide groups is 1. The molecule has 8 nitrogen and oxygen atoms in total. The molecule has 1 atom stereocenters. The van der Waals surface area contributed by atoms with Gasteiger partial charge in [0.05, 0.1) is 0 Å². The van der Waals surface area contributed by atoms with Crippen molar-refractivity contribution < 1.29 is 23.9 Å². The molecule has 2 aliphatic rings. The number of urea groups is 1. The second-order valence-corrected chi connectivity index (χ2v) is 8.01. The number of ether oxygens (including phenoxy) is 2. The summed E-state index contributed by atoms with van der Waals surface area (Å²) < 4.78 is 10.7. The number of rotatable bonds is 6. The number of fused-ring (bicyclic) bond motifs is 1. The van der Waals surface area contributed by atoms with Gasteiger partial charge in [0.1, 0.15) is 12.1 Å². The van der Waals surface area contributed by atoms with E-state index in [0.717, 1.165) is 10.5 Å². The lowest BCUT2D eigenvalue weighted by Gasteiger charge is -2.32. The second kappa shape index (κ2) is 7.33. The third-order valence-electron chi connectivity index (χ3n) is 5.03. The molecule has 1 fully saturated rings. The van der Waals surface area contributed by atoms with Gasteiger partial charge < -0.3 is 19.7 Å². The highest BCUT2D eigenvalue weighted by Gasteiger charge is 2.48. The fraction of sp³-hybridized carbons (Fsp3) is 0.550. The summed E-state index contributed by atoms with van der Waals surface area (Å²) in [7, 11) is 0. The lowest BCUT2D eigenvalue weighted by Crippen LogP contribution is -2.49. The summed E-state index contributed by atoms with van der Waals surface area (Å²) in [6.45, 7) is 9.22. The van der Waals surface area contributed by atoms with Crippen LogP contribution in [0.2, 0.25) is 0 Å². The fourth-order valence-corrected chi connectivity index (χ4v) is 3.86. The van der Waals surface area contributed by atoms with Gasteiger partial charge >= 0.3 is 6.03 Å². The largest absolute Gasteiger partial charge is 0.454 e. The Hall–Kier alpha value is -2.77. The molecule has 152 valence electrons. The van der Waals surface area contributed by atoms with Gasteiger partial charge in [-0.3, -0.25) is 14.5 Å². The van der Waals surface area contributed by atoms with Crippen molar-refractivity contribution in [3.63, 3.8) is 0 Å². The molecule has 3 rings (SSSR count). The summed E-state index contributed by atoms with van der Waals surface area (Å²) >= 11 is 0. The van der Waals surface area contributed by atoms with Crippen LogP contribution in [0.3, 0.4) is 0 Å². The highest BCUT2D eigenvalue weighted by Crippen LogP contribution is 2.34. The van der Waals surface area contributed by atoms with Crippen LogP contribution >= 0.6 is 0 Å². The molecular formula is C20H27N3O5. The lowest BCUT2D eigenvalue weighted by atomic mass is 9.92. The fourth-order valence-electron chi connectivity index (χ4n) is 3.86. The van der Waals surface area contributed by atoms with Crippen molar-refractivity contribution in [2.45, 2.75) is 58.7 Å². The second-order valence-electron chi connectivity index (χ2n) is 8.01. The van der Waals surface area contributed by atoms with Gasteiger partial charge in [-0.25, -0.2) is 4.79 Å². The molecule has 0 aromatic heterocycles. The van der Waals surface area contributed by atoms with E-state index in [-0.39, 0.29) is 37.7 Å². The van der Waals surface area contributed by atoms with E-state index >= 15 is 0 Å². The molecule has 2 aliphatic heterocycles. The summed E-state index contributed by atoms with van der Waals surface area (Å²) in [6, 6.07) is 4.84. The first-order valence-corrected chi connectivity index (χ1v) is 9.46. The number of benzene rings is 1. The lowest BCUT2D eigenvalue weighted by molar-refractivity contribution is -0.141. The van der Waals surface area contributed by atoms with Crippen LogP contribution in [-0.2, 0) is 16.0 Å². The number of nitrogens with one attached hydrogen (secondary N) is 1. The zero-order valence-corrected chi connectivity index (χ0v) is 16.9. The van der Waals surface area contributed by atoms with Crippen molar-refractivity contribution in [1.29, 1.82) is 0 Å². The maximum Gasteiger partial charge on any atom is 0.325 e. The normalized spacial score (nSPS) is 20.9. The van der Waals surface area contributed by atoms with Crippen LogP contribution in [-0.4, -0.2) is 58.6 Å². The van der Waals surface area contributed by atoms with Crippen molar-refractivity contribution in [1.82, 2.24) is 15.1 Å². The van der Waals surface area contributed by atoms with Crippen LogP contribution in [0.1, 0.15) is 40.2 Å². The third-order valence-corrected chi connectivity index (χ3v) is 5.03. The van der Waals surface area contributed by atoms with Crippen molar-refractivity contribution in [2.24, 2.45) is 0 Å². The Morgan fingerprint density at radius 3 is 2.46 bits per heavy atom. The molecule has 1 saturated heterocycles. The van der Waals surface area contributed by atoms with Crippen LogP contribution in [0.15, 0.2) is 18.2 Å². The van der Waals surface area contributed by atoms with Crippen molar-refractivity contribution >= 4 is 17.8 Å². The maximum atomic E-state index is 13.0. The van der Waals surface area contributed by atoms with E-state index in [0.29, 0.717) is 11.5 Å². The minimum Gasteiger partial charge on any atom is -0.454 e. The number of nitrogens with zero attached hydrogens (tertiary/aromatic N) is 2. The first-order valence-electron chi connectivity index (χ1n) is 9.46. The van der Waals surface area contributed by atoms with Crippen LogP contribution in [0.4, 0.5) is 4.79 Å². The Bertz CT molecular complexity index is 799. The predicted molar refractivity (Wildman–Crippen MR) is 102 cm³/mol. The Morgan fingerprint density at radius 2 is 1.82 bits per heavy atom. The van der Waals surface area contributed by atoms with Crippen molar-refractivity contribution in [2.75, 3.05) is 13.3 Å². The van der Waals surface area contributed by atoms with E-state index in [1.54, 1.807) is 24.0 Å². The van der Waals surface area contributed by atoms with Gasteiger partial charge in [-0.05, 0) is 52.3 Å². The minimum atomic E-state index is -1.12. The SMILES string of the molecule is CC(C)N(C(=O)CN1C(=O)N[C@](C)(Cc2ccc3c(c2)OCO3)C1=O)C(C)C. The van der Waals surface area contributed by atoms with Gasteiger partial charge in [0.2, 0.25) is 12.7 Å². The van der Waals surface area contributed by atoms with Crippen LogP contribution in [0.5, 0.6) is 11.5 Å². The highest BCUT2D eigenvalue weighted by atomic mass is 16.7. The Morgan fingerprint density at radius 1 is 1.18 bits per heavy atom. The summed E-state index contributed by atoms with van der Waals surface area (Å²) in [5, 5.41) is 2.74. The minimum absolute atomic E-state index is 0.0201. The van der Waals surface area contributed by atoms with Crippen molar-refractivity contribution in [3.8, 4) is 11.5 Å². The molecular weight excluding hydrogens is 362 g/mol. The van der Waals surface area contributed by atoms with Crippen LogP contribution in [0.25, 0.3) is 0 Å². The zero-order valence-electron chi connectivity index (χ0n) is 16.9. The molecule has 1 aromatic rings. The van der Waals surface area contributed by atoms with Gasteiger partial charge in [-0.2, -0.15) is 0 Å². The third kappa shape index (κ3) is 3.63. The summed E-state index contributed by atoms with van der Waals surface area (Å²) in [6.07, 6.45) is 0.289. The molecule has 0 spiro atoms. The van der Waals surface area contributed by atoms with E-state index in [2.05, 4.69) is 5.32 Å². The average Bonchev–Trinajstić information content (AvgIpc) is 3.12. The Kier molecular flexibility index (Phi) is 5.23. The van der Waals surface area contributed by atoms with Crippen LogP contribution < -0.4 is 14.8 Å². The summed E-state index contributed by atoms with van der Waals surface area (Å²) in [4.78, 5) is 40.8. The van der Waals surface area contributed by atoms with Crippen molar-refractivity contribution in [3.05, 3.63) is 23.8 Å². The summed E-state index contributed by atoms with van der Waals surface area (Å²) in [5.74, 6) is 0.622. The Balaban J connectivity index is 1.74. The van der Waals surface area contributed by atoms with Crippen LogP contribution in [0, 0.1) is 0 Å². The summed E-state index contributed by atoms with van der Waals surface area (Å²) in [5.41, 5.74) is -0.287. The zero-order chi connectivity index (χ0) is 20.6. The molecule has 4 amide bonds. The molecule has 1 aromatic carbocycles. The monoisotopic (exact) mass is 389 g/mol. The standard InChI is InChI=1S/C20H27N3O5/c1-12(2)23(13(3)4)17(24)10-22-18(25)20(5,21-19(22)26)9-14-6-7-15-16(8-14)28-11-27-15/h6-8,12-13H,9-11H2,1-5H3,(H,21,26)/t20-/m1/s1. The number of hydrogen-bond acceptors (Lipinski definition) is 5. The highest BCUT2D eigenvalue weighted by molar-refractivity contribution is 6.09. The van der Waals surface area contributed by atoms with Gasteiger partial charge in [0.15, 0.2) is 11.5 Å². The molecule has 2 heterocycles. The molecule has 0 radical (unpaired) electrons. The number of carbonyl (C=O) groups excluding carboxylic acids is 3. The Labute approximate surface area is 164 Å². The topological polar surface area (TPSA) is 88.2 Å². The van der Waals surface area contributed by atoms with Gasteiger partial charge in [-0.1, -0.05) is 6.07 Å². The molecule has 0 unspecified atom stereocenters. The van der Waals surface area contributed by atoms with Gasteiger partial charge in [0, 0.05) is 18.5 Å². The smallest absolute Gasteiger partial charge is 0.325 e. The average molecular weight is 389 g/mol. The predicted octanol–water partition coefficient (Wildman–Crippen LogP) is 1.91. The molecule has 1 N–H and O–H groups in total. The van der Waals surface area contributed by atoms with Gasteiger partial charge in [-0.15, -0.1) is 0 Å². The quantitative estimate of drug-likeness (QED) is 0.751. The number of amides is 4. The van der Waals surface area contributed by atoms with E-state index in [4.69, 9.17) is 9.47 Å². The van der Waals surface area contributed by atoms with Gasteiger partial charge in [0.25, 0.3) is 5.91 Å². The first-order chi connectivity index (χ1) is 13.1. The molecule has 28 heavy (non-hydrogen) atoms. The van der Waals surface area contributed by atoms with E-state index in [1.165, 1.54) is 0 Å². The molecule has 0 saturated carbocycles.